The standard InChI is InChI=1S/C24H26N2O6/c1-31-19-7-5-16(6-8-19)21(24(30)32-20-14-26-11-9-15(20)10-12-26)25-22(27)17-3-2-4-18(13-17)23(28)29/h2-8,13,15,20-21H,9-12,14H2,1H3,(H,25,27)(H,28,29)/t20-,21?/m0/s1. The molecule has 2 aromatic rings. The predicted molar refractivity (Wildman–Crippen MR) is 116 cm³/mol. The van der Waals surface area contributed by atoms with E-state index in [0.717, 1.165) is 25.9 Å². The molecule has 3 aliphatic rings. The first-order valence-electron chi connectivity index (χ1n) is 10.7. The van der Waals surface area contributed by atoms with Gasteiger partial charge in [-0.05, 0) is 67.7 Å². The van der Waals surface area contributed by atoms with Gasteiger partial charge in [-0.1, -0.05) is 18.2 Å². The molecule has 1 amide bonds. The topological polar surface area (TPSA) is 105 Å². The Hall–Kier alpha value is -3.39. The number of carbonyl (C=O) groups is 3. The molecule has 3 aliphatic heterocycles. The number of piperidine rings is 3. The third-order valence-electron chi connectivity index (χ3n) is 6.20. The number of ether oxygens (including phenoxy) is 2. The highest BCUT2D eigenvalue weighted by atomic mass is 16.5. The van der Waals surface area contributed by atoms with Gasteiger partial charge >= 0.3 is 11.9 Å². The van der Waals surface area contributed by atoms with Crippen LogP contribution in [-0.4, -0.2) is 60.7 Å². The number of carbonyl (C=O) groups excluding carboxylic acids is 2. The van der Waals surface area contributed by atoms with Crippen molar-refractivity contribution in [2.45, 2.75) is 25.0 Å². The second-order valence-corrected chi connectivity index (χ2v) is 8.18. The van der Waals surface area contributed by atoms with Crippen LogP contribution in [0.2, 0.25) is 0 Å². The van der Waals surface area contributed by atoms with Crippen LogP contribution in [0.25, 0.3) is 0 Å². The van der Waals surface area contributed by atoms with Crippen LogP contribution in [0.1, 0.15) is 45.2 Å². The molecule has 2 bridgehead atoms. The Balaban J connectivity index is 1.55. The van der Waals surface area contributed by atoms with Gasteiger partial charge in [-0.2, -0.15) is 0 Å². The second kappa shape index (κ2) is 9.40. The van der Waals surface area contributed by atoms with E-state index in [1.165, 1.54) is 24.3 Å². The van der Waals surface area contributed by atoms with Gasteiger partial charge < -0.3 is 19.9 Å². The van der Waals surface area contributed by atoms with Crippen LogP contribution in [0.4, 0.5) is 0 Å². The maximum absolute atomic E-state index is 13.2. The molecule has 32 heavy (non-hydrogen) atoms. The van der Waals surface area contributed by atoms with E-state index in [4.69, 9.17) is 9.47 Å². The normalized spacial score (nSPS) is 22.6. The SMILES string of the molecule is COc1ccc(C(NC(=O)c2cccc(C(=O)O)c2)C(=O)O[C@H]2CN3CCC2CC3)cc1. The van der Waals surface area contributed by atoms with Gasteiger partial charge in [0.2, 0.25) is 0 Å². The summed E-state index contributed by atoms with van der Waals surface area (Å²) in [5, 5.41) is 11.9. The lowest BCUT2D eigenvalue weighted by Gasteiger charge is -2.44. The Labute approximate surface area is 186 Å². The van der Waals surface area contributed by atoms with E-state index in [0.29, 0.717) is 23.8 Å². The van der Waals surface area contributed by atoms with Gasteiger partial charge in [0.05, 0.1) is 12.7 Å². The molecule has 3 heterocycles. The van der Waals surface area contributed by atoms with Gasteiger partial charge in [-0.3, -0.25) is 9.69 Å². The number of benzene rings is 2. The number of methoxy groups -OCH3 is 1. The largest absolute Gasteiger partial charge is 0.497 e. The van der Waals surface area contributed by atoms with E-state index in [2.05, 4.69) is 10.2 Å². The number of fused-ring (bicyclic) bond motifs is 3. The summed E-state index contributed by atoms with van der Waals surface area (Å²) in [5.41, 5.74) is 0.701. The summed E-state index contributed by atoms with van der Waals surface area (Å²) in [5.74, 6) is -1.26. The maximum atomic E-state index is 13.2. The lowest BCUT2D eigenvalue weighted by atomic mass is 9.86. The van der Waals surface area contributed by atoms with Crippen LogP contribution in [0, 0.1) is 5.92 Å². The minimum Gasteiger partial charge on any atom is -0.497 e. The molecule has 3 saturated heterocycles. The molecule has 3 fully saturated rings. The summed E-state index contributed by atoms with van der Waals surface area (Å²) in [7, 11) is 1.55. The average Bonchev–Trinajstić information content (AvgIpc) is 2.83. The Morgan fingerprint density at radius 2 is 1.75 bits per heavy atom. The van der Waals surface area contributed by atoms with Crippen molar-refractivity contribution in [1.82, 2.24) is 10.2 Å². The minimum absolute atomic E-state index is 0.00601. The molecule has 168 valence electrons. The third-order valence-corrected chi connectivity index (χ3v) is 6.20. The number of rotatable bonds is 7. The Morgan fingerprint density at radius 3 is 2.34 bits per heavy atom. The molecule has 5 rings (SSSR count). The number of esters is 1. The zero-order valence-corrected chi connectivity index (χ0v) is 17.8. The van der Waals surface area contributed by atoms with Crippen molar-refractivity contribution < 1.29 is 29.0 Å². The van der Waals surface area contributed by atoms with E-state index < -0.39 is 23.9 Å². The smallest absolute Gasteiger partial charge is 0.335 e. The molecule has 2 atom stereocenters. The molecule has 8 heteroatoms. The highest BCUT2D eigenvalue weighted by molar-refractivity contribution is 5.99. The van der Waals surface area contributed by atoms with Gasteiger partial charge in [0, 0.05) is 12.1 Å². The predicted octanol–water partition coefficient (Wildman–Crippen LogP) is 2.50. The zero-order valence-electron chi connectivity index (χ0n) is 17.8. The molecular formula is C24H26N2O6. The Bertz CT molecular complexity index is 998. The van der Waals surface area contributed by atoms with Gasteiger partial charge in [0.25, 0.3) is 5.91 Å². The first-order chi connectivity index (χ1) is 15.4. The van der Waals surface area contributed by atoms with Crippen molar-refractivity contribution in [3.63, 3.8) is 0 Å². The van der Waals surface area contributed by atoms with E-state index >= 15 is 0 Å². The van der Waals surface area contributed by atoms with Crippen molar-refractivity contribution >= 4 is 17.8 Å². The monoisotopic (exact) mass is 438 g/mol. The second-order valence-electron chi connectivity index (χ2n) is 8.18. The zero-order chi connectivity index (χ0) is 22.7. The van der Waals surface area contributed by atoms with Crippen LogP contribution in [-0.2, 0) is 9.53 Å². The van der Waals surface area contributed by atoms with Crippen molar-refractivity contribution in [2.24, 2.45) is 5.92 Å². The summed E-state index contributed by atoms with van der Waals surface area (Å²) in [6.45, 7) is 2.76. The first-order valence-corrected chi connectivity index (χ1v) is 10.7. The lowest BCUT2D eigenvalue weighted by Crippen LogP contribution is -2.52. The molecule has 0 saturated carbocycles. The van der Waals surface area contributed by atoms with Crippen LogP contribution >= 0.6 is 0 Å². The number of nitrogens with zero attached hydrogens (tertiary/aromatic N) is 1. The number of carboxylic acids is 1. The minimum atomic E-state index is -1.13. The first kappa shape index (κ1) is 21.8. The summed E-state index contributed by atoms with van der Waals surface area (Å²) >= 11 is 0. The van der Waals surface area contributed by atoms with Gasteiger partial charge in [0.15, 0.2) is 6.04 Å². The summed E-state index contributed by atoms with van der Waals surface area (Å²) in [6, 6.07) is 11.5. The molecule has 2 aromatic carbocycles. The number of amides is 1. The van der Waals surface area contributed by atoms with E-state index in [1.54, 1.807) is 31.4 Å². The summed E-state index contributed by atoms with van der Waals surface area (Å²) in [6.07, 6.45) is 1.80. The van der Waals surface area contributed by atoms with Crippen LogP contribution in [0.3, 0.4) is 0 Å². The number of nitrogens with one attached hydrogen (secondary N) is 1. The van der Waals surface area contributed by atoms with Crippen LogP contribution in [0.15, 0.2) is 48.5 Å². The maximum Gasteiger partial charge on any atom is 0.335 e. The van der Waals surface area contributed by atoms with Gasteiger partial charge in [0.1, 0.15) is 11.9 Å². The van der Waals surface area contributed by atoms with Crippen molar-refractivity contribution in [3.8, 4) is 5.75 Å². The quantitative estimate of drug-likeness (QED) is 0.640. The number of aromatic carboxylic acids is 1. The van der Waals surface area contributed by atoms with Gasteiger partial charge in [-0.15, -0.1) is 0 Å². The molecule has 1 unspecified atom stereocenters. The molecular weight excluding hydrogens is 412 g/mol. The molecule has 0 radical (unpaired) electrons. The molecule has 0 aromatic heterocycles. The van der Waals surface area contributed by atoms with Crippen molar-refractivity contribution in [2.75, 3.05) is 26.7 Å². The third kappa shape index (κ3) is 4.75. The van der Waals surface area contributed by atoms with Crippen molar-refractivity contribution in [1.29, 1.82) is 0 Å². The van der Waals surface area contributed by atoms with E-state index in [9.17, 15) is 19.5 Å². The van der Waals surface area contributed by atoms with E-state index in [-0.39, 0.29) is 17.2 Å². The Morgan fingerprint density at radius 1 is 1.06 bits per heavy atom. The number of carboxylic acid groups (broad SMARTS) is 1. The lowest BCUT2D eigenvalue weighted by molar-refractivity contribution is -0.161. The average molecular weight is 438 g/mol. The molecule has 0 aliphatic carbocycles. The number of hydrogen-bond donors (Lipinski definition) is 2. The van der Waals surface area contributed by atoms with Crippen molar-refractivity contribution in [3.05, 3.63) is 65.2 Å². The molecule has 2 N–H and O–H groups in total. The summed E-state index contributed by atoms with van der Waals surface area (Å²) < 4.78 is 11.1. The van der Waals surface area contributed by atoms with Crippen LogP contribution in [0.5, 0.6) is 5.75 Å². The van der Waals surface area contributed by atoms with E-state index in [1.807, 2.05) is 0 Å². The molecule has 8 nitrogen and oxygen atoms in total. The fourth-order valence-electron chi connectivity index (χ4n) is 4.34. The highest BCUT2D eigenvalue weighted by Crippen LogP contribution is 2.31. The number of hydrogen-bond acceptors (Lipinski definition) is 6. The summed E-state index contributed by atoms with van der Waals surface area (Å²) in [4.78, 5) is 39.6. The van der Waals surface area contributed by atoms with Gasteiger partial charge in [-0.25, -0.2) is 9.59 Å². The fourth-order valence-corrected chi connectivity index (χ4v) is 4.34. The highest BCUT2D eigenvalue weighted by Gasteiger charge is 2.38. The Kier molecular flexibility index (Phi) is 6.41. The molecule has 0 spiro atoms. The van der Waals surface area contributed by atoms with Crippen LogP contribution < -0.4 is 10.1 Å². The fraction of sp³-hybridized carbons (Fsp3) is 0.375.